The fraction of sp³-hybridized carbons (Fsp3) is 0.421. The van der Waals surface area contributed by atoms with E-state index in [2.05, 4.69) is 0 Å². The van der Waals surface area contributed by atoms with Crippen LogP contribution in [0.5, 0.6) is 0 Å². The molecular formula is C19H22N2O3S. The van der Waals surface area contributed by atoms with Crippen molar-refractivity contribution >= 4 is 32.4 Å². The summed E-state index contributed by atoms with van der Waals surface area (Å²) in [5.74, 6) is -0.118. The molecule has 132 valence electrons. The number of benzene rings is 2. The molecule has 0 unspecified atom stereocenters. The third-order valence-electron chi connectivity index (χ3n) is 5.44. The van der Waals surface area contributed by atoms with Gasteiger partial charge in [0.25, 0.3) is 10.0 Å². The van der Waals surface area contributed by atoms with Crippen molar-refractivity contribution in [1.82, 2.24) is 4.90 Å². The van der Waals surface area contributed by atoms with Crippen molar-refractivity contribution < 1.29 is 13.2 Å². The molecule has 6 heteroatoms. The van der Waals surface area contributed by atoms with Crippen molar-refractivity contribution in [3.05, 3.63) is 36.4 Å². The van der Waals surface area contributed by atoms with Gasteiger partial charge in [-0.15, -0.1) is 0 Å². The van der Waals surface area contributed by atoms with Gasteiger partial charge in [-0.05, 0) is 50.6 Å². The minimum absolute atomic E-state index is 0.118. The molecule has 1 fully saturated rings. The number of sulfonamides is 1. The lowest BCUT2D eigenvalue weighted by atomic mass is 9.97. The van der Waals surface area contributed by atoms with Crippen molar-refractivity contribution in [2.75, 3.05) is 10.8 Å². The molecule has 1 amide bonds. The summed E-state index contributed by atoms with van der Waals surface area (Å²) in [6, 6.07) is 11.1. The van der Waals surface area contributed by atoms with Gasteiger partial charge in [-0.1, -0.05) is 24.3 Å². The zero-order valence-corrected chi connectivity index (χ0v) is 15.3. The van der Waals surface area contributed by atoms with E-state index in [4.69, 9.17) is 0 Å². The summed E-state index contributed by atoms with van der Waals surface area (Å²) in [5.41, 5.74) is 0.610. The highest BCUT2D eigenvalue weighted by atomic mass is 32.2. The molecule has 2 heterocycles. The van der Waals surface area contributed by atoms with Crippen molar-refractivity contribution in [1.29, 1.82) is 0 Å². The molecule has 4 rings (SSSR count). The molecule has 2 atom stereocenters. The number of piperidine rings is 1. The van der Waals surface area contributed by atoms with E-state index in [-0.39, 0.29) is 24.5 Å². The first-order valence-corrected chi connectivity index (χ1v) is 10.2. The van der Waals surface area contributed by atoms with Crippen LogP contribution < -0.4 is 4.31 Å². The number of nitrogens with zero attached hydrogens (tertiary/aromatic N) is 2. The predicted molar refractivity (Wildman–Crippen MR) is 98.1 cm³/mol. The number of amides is 1. The number of hydrogen-bond donors (Lipinski definition) is 0. The van der Waals surface area contributed by atoms with Crippen LogP contribution in [0.3, 0.4) is 0 Å². The lowest BCUT2D eigenvalue weighted by molar-refractivity contribution is -0.135. The molecule has 0 bridgehead atoms. The molecule has 2 aromatic carbocycles. The van der Waals surface area contributed by atoms with E-state index < -0.39 is 10.0 Å². The third kappa shape index (κ3) is 2.42. The third-order valence-corrected chi connectivity index (χ3v) is 7.24. The van der Waals surface area contributed by atoms with E-state index in [1.807, 2.05) is 36.9 Å². The normalized spacial score (nSPS) is 24.7. The van der Waals surface area contributed by atoms with E-state index in [1.54, 1.807) is 18.2 Å². The van der Waals surface area contributed by atoms with Crippen LogP contribution in [-0.4, -0.2) is 37.9 Å². The van der Waals surface area contributed by atoms with E-state index in [9.17, 15) is 13.2 Å². The number of rotatable bonds is 2. The van der Waals surface area contributed by atoms with Crippen LogP contribution in [0.1, 0.15) is 33.1 Å². The second-order valence-electron chi connectivity index (χ2n) is 7.07. The second kappa shape index (κ2) is 5.73. The molecule has 1 saturated heterocycles. The van der Waals surface area contributed by atoms with Crippen LogP contribution in [0.15, 0.2) is 41.3 Å². The fourth-order valence-corrected chi connectivity index (χ4v) is 5.91. The largest absolute Gasteiger partial charge is 0.336 e. The van der Waals surface area contributed by atoms with Gasteiger partial charge in [0.15, 0.2) is 0 Å². The summed E-state index contributed by atoms with van der Waals surface area (Å²) in [7, 11) is -3.68. The van der Waals surface area contributed by atoms with Gasteiger partial charge in [0, 0.05) is 17.5 Å². The molecule has 0 saturated carbocycles. The standard InChI is InChI=1S/C19H22N2O3S/c1-13-6-3-7-14(2)21(13)18(22)12-20-16-10-4-8-15-9-5-11-17(19(15)16)25(20,23)24/h4-5,8-11,13-14H,3,6-7,12H2,1-2H3/t13-,14+. The summed E-state index contributed by atoms with van der Waals surface area (Å²) in [5, 5.41) is 1.60. The lowest BCUT2D eigenvalue weighted by Gasteiger charge is -2.39. The van der Waals surface area contributed by atoms with Crippen LogP contribution in [0.25, 0.3) is 10.8 Å². The molecule has 0 N–H and O–H groups in total. The van der Waals surface area contributed by atoms with Crippen LogP contribution in [-0.2, 0) is 14.8 Å². The first-order chi connectivity index (χ1) is 11.9. The van der Waals surface area contributed by atoms with Crippen molar-refractivity contribution in [2.45, 2.75) is 50.1 Å². The number of hydrogen-bond acceptors (Lipinski definition) is 3. The van der Waals surface area contributed by atoms with E-state index >= 15 is 0 Å². The molecule has 0 aliphatic carbocycles. The fourth-order valence-electron chi connectivity index (χ4n) is 4.25. The van der Waals surface area contributed by atoms with Gasteiger partial charge in [0.05, 0.1) is 10.6 Å². The monoisotopic (exact) mass is 358 g/mol. The van der Waals surface area contributed by atoms with Gasteiger partial charge in [0.1, 0.15) is 6.54 Å². The van der Waals surface area contributed by atoms with Gasteiger partial charge in [-0.25, -0.2) is 8.42 Å². The summed E-state index contributed by atoms with van der Waals surface area (Å²) < 4.78 is 27.3. The molecule has 2 aromatic rings. The summed E-state index contributed by atoms with van der Waals surface area (Å²) in [6.45, 7) is 3.95. The Balaban J connectivity index is 1.72. The number of likely N-dealkylation sites (tertiary alicyclic amines) is 1. The van der Waals surface area contributed by atoms with Crippen LogP contribution >= 0.6 is 0 Å². The van der Waals surface area contributed by atoms with Gasteiger partial charge in [0.2, 0.25) is 5.91 Å². The molecule has 0 spiro atoms. The summed E-state index contributed by atoms with van der Waals surface area (Å²) >= 11 is 0. The van der Waals surface area contributed by atoms with Crippen molar-refractivity contribution in [3.8, 4) is 0 Å². The summed E-state index contributed by atoms with van der Waals surface area (Å²) in [6.07, 6.45) is 3.05. The lowest BCUT2D eigenvalue weighted by Crippen LogP contribution is -2.51. The first kappa shape index (κ1) is 16.4. The van der Waals surface area contributed by atoms with Crippen LogP contribution in [0, 0.1) is 0 Å². The van der Waals surface area contributed by atoms with E-state index in [0.717, 1.165) is 30.0 Å². The number of anilines is 1. The average molecular weight is 358 g/mol. The second-order valence-corrected chi connectivity index (χ2v) is 8.90. The maximum Gasteiger partial charge on any atom is 0.265 e. The Kier molecular flexibility index (Phi) is 3.76. The summed E-state index contributed by atoms with van der Waals surface area (Å²) in [4.78, 5) is 15.1. The SMILES string of the molecule is C[C@@H]1CCC[C@H](C)N1C(=O)CN1c2cccc3cccc(c23)S1(=O)=O. The number of carbonyl (C=O) groups is 1. The predicted octanol–water partition coefficient (Wildman–Crippen LogP) is 3.14. The number of carbonyl (C=O) groups excluding carboxylic acids is 1. The van der Waals surface area contributed by atoms with Gasteiger partial charge < -0.3 is 4.90 Å². The maximum absolute atomic E-state index is 13.0. The Morgan fingerprint density at radius 2 is 1.72 bits per heavy atom. The highest BCUT2D eigenvalue weighted by Gasteiger charge is 2.39. The minimum atomic E-state index is -3.68. The maximum atomic E-state index is 13.0. The molecular weight excluding hydrogens is 336 g/mol. The van der Waals surface area contributed by atoms with Gasteiger partial charge in [-0.3, -0.25) is 9.10 Å². The topological polar surface area (TPSA) is 57.7 Å². The molecule has 25 heavy (non-hydrogen) atoms. The highest BCUT2D eigenvalue weighted by Crippen LogP contribution is 2.42. The van der Waals surface area contributed by atoms with E-state index in [1.165, 1.54) is 4.31 Å². The molecule has 2 aliphatic rings. The Bertz CT molecular complexity index is 939. The zero-order valence-electron chi connectivity index (χ0n) is 14.5. The van der Waals surface area contributed by atoms with Gasteiger partial charge >= 0.3 is 0 Å². The van der Waals surface area contributed by atoms with Crippen molar-refractivity contribution in [2.24, 2.45) is 0 Å². The first-order valence-electron chi connectivity index (χ1n) is 8.77. The van der Waals surface area contributed by atoms with Crippen LogP contribution in [0.4, 0.5) is 5.69 Å². The Morgan fingerprint density at radius 1 is 1.08 bits per heavy atom. The van der Waals surface area contributed by atoms with Crippen molar-refractivity contribution in [3.63, 3.8) is 0 Å². The Morgan fingerprint density at radius 3 is 2.40 bits per heavy atom. The quantitative estimate of drug-likeness (QED) is 0.829. The minimum Gasteiger partial charge on any atom is -0.336 e. The highest BCUT2D eigenvalue weighted by molar-refractivity contribution is 7.93. The Hall–Kier alpha value is -2.08. The van der Waals surface area contributed by atoms with Gasteiger partial charge in [-0.2, -0.15) is 0 Å². The average Bonchev–Trinajstić information content (AvgIpc) is 2.78. The smallest absolute Gasteiger partial charge is 0.265 e. The molecule has 5 nitrogen and oxygen atoms in total. The van der Waals surface area contributed by atoms with E-state index in [0.29, 0.717) is 10.6 Å². The Labute approximate surface area is 148 Å². The zero-order chi connectivity index (χ0) is 17.8. The molecule has 0 radical (unpaired) electrons. The molecule has 2 aliphatic heterocycles. The van der Waals surface area contributed by atoms with Crippen LogP contribution in [0.2, 0.25) is 0 Å². The molecule has 0 aromatic heterocycles.